The normalized spacial score (nSPS) is 16.4. The van der Waals surface area contributed by atoms with Gasteiger partial charge in [-0.15, -0.1) is 11.3 Å². The molecule has 2 aromatic heterocycles. The van der Waals surface area contributed by atoms with Gasteiger partial charge in [0, 0.05) is 36.1 Å². The number of hydrogen-bond acceptors (Lipinski definition) is 6. The van der Waals surface area contributed by atoms with Crippen LogP contribution >= 0.6 is 11.3 Å². The highest BCUT2D eigenvalue weighted by Crippen LogP contribution is 2.31. The Morgan fingerprint density at radius 2 is 2.17 bits per heavy atom. The van der Waals surface area contributed by atoms with E-state index in [2.05, 4.69) is 28.1 Å². The Hall–Kier alpha value is -1.73. The fourth-order valence-corrected chi connectivity index (χ4v) is 3.99. The number of rotatable bonds is 6. The van der Waals surface area contributed by atoms with E-state index in [1.54, 1.807) is 11.3 Å². The highest BCUT2D eigenvalue weighted by molar-refractivity contribution is 7.09. The molecule has 0 saturated carbocycles. The van der Waals surface area contributed by atoms with Gasteiger partial charge in [-0.25, -0.2) is 9.78 Å². The maximum atomic E-state index is 11.7. The van der Waals surface area contributed by atoms with Crippen LogP contribution in [-0.2, 0) is 17.8 Å². The van der Waals surface area contributed by atoms with Gasteiger partial charge in [0.15, 0.2) is 5.69 Å². The molecule has 0 aliphatic carbocycles. The van der Waals surface area contributed by atoms with Crippen LogP contribution in [0.15, 0.2) is 17.8 Å². The van der Waals surface area contributed by atoms with Crippen molar-refractivity contribution < 1.29 is 9.53 Å². The number of thiazole rings is 1. The Morgan fingerprint density at radius 3 is 2.83 bits per heavy atom. The van der Waals surface area contributed by atoms with E-state index in [4.69, 9.17) is 4.74 Å². The number of nitrogens with zero attached hydrogens (tertiary/aromatic N) is 4. The number of likely N-dealkylation sites (tertiary alicyclic amines) is 1. The molecule has 0 bridgehead atoms. The van der Waals surface area contributed by atoms with E-state index in [1.165, 1.54) is 5.56 Å². The molecule has 2 aromatic rings. The average molecular weight is 348 g/mol. The Morgan fingerprint density at radius 1 is 1.38 bits per heavy atom. The molecule has 0 radical (unpaired) electrons. The van der Waals surface area contributed by atoms with Crippen LogP contribution in [0.5, 0.6) is 0 Å². The molecule has 1 saturated heterocycles. The quantitative estimate of drug-likeness (QED) is 0.751. The molecule has 1 aliphatic rings. The lowest BCUT2D eigenvalue weighted by atomic mass is 9.97. The van der Waals surface area contributed by atoms with Crippen molar-refractivity contribution in [3.05, 3.63) is 34.0 Å². The maximum Gasteiger partial charge on any atom is 0.357 e. The molecule has 3 rings (SSSR count). The first-order valence-corrected chi connectivity index (χ1v) is 9.43. The largest absolute Gasteiger partial charge is 0.461 e. The highest BCUT2D eigenvalue weighted by Gasteiger charge is 2.24. The molecule has 0 atom stereocenters. The van der Waals surface area contributed by atoms with Gasteiger partial charge in [-0.05, 0) is 39.8 Å². The molecule has 0 spiro atoms. The van der Waals surface area contributed by atoms with Crippen LogP contribution < -0.4 is 0 Å². The van der Waals surface area contributed by atoms with E-state index in [0.29, 0.717) is 18.2 Å². The summed E-state index contributed by atoms with van der Waals surface area (Å²) in [4.78, 5) is 18.7. The van der Waals surface area contributed by atoms with Gasteiger partial charge in [0.25, 0.3) is 0 Å². The lowest BCUT2D eigenvalue weighted by Gasteiger charge is -2.30. The number of ether oxygens (including phenoxy) is 1. The zero-order valence-corrected chi connectivity index (χ0v) is 15.1. The van der Waals surface area contributed by atoms with Crippen LogP contribution in [0, 0.1) is 0 Å². The predicted octanol–water partition coefficient (Wildman–Crippen LogP) is 2.92. The van der Waals surface area contributed by atoms with Crippen LogP contribution in [-0.4, -0.2) is 45.3 Å². The van der Waals surface area contributed by atoms with Crippen molar-refractivity contribution >= 4 is 17.3 Å². The lowest BCUT2D eigenvalue weighted by Crippen LogP contribution is -2.32. The molecular formula is C17H24N4O2S. The topological polar surface area (TPSA) is 60.2 Å². The summed E-state index contributed by atoms with van der Waals surface area (Å²) in [6.45, 7) is 8.27. The molecule has 24 heavy (non-hydrogen) atoms. The monoisotopic (exact) mass is 348 g/mol. The summed E-state index contributed by atoms with van der Waals surface area (Å²) in [6, 6.07) is 0. The van der Waals surface area contributed by atoms with Gasteiger partial charge in [0.2, 0.25) is 0 Å². The first kappa shape index (κ1) is 17.1. The number of carbonyl (C=O) groups is 1. The Balaban J connectivity index is 1.52. The van der Waals surface area contributed by atoms with E-state index in [-0.39, 0.29) is 5.97 Å². The second-order valence-electron chi connectivity index (χ2n) is 6.05. The summed E-state index contributed by atoms with van der Waals surface area (Å²) < 4.78 is 6.98. The molecule has 1 aliphatic heterocycles. The fourth-order valence-electron chi connectivity index (χ4n) is 3.03. The van der Waals surface area contributed by atoms with Gasteiger partial charge in [-0.2, -0.15) is 5.10 Å². The second-order valence-corrected chi connectivity index (χ2v) is 6.94. The predicted molar refractivity (Wildman–Crippen MR) is 93.2 cm³/mol. The lowest BCUT2D eigenvalue weighted by molar-refractivity contribution is 0.0520. The summed E-state index contributed by atoms with van der Waals surface area (Å²) >= 11 is 1.58. The fraction of sp³-hybridized carbons (Fsp3) is 0.588. The molecule has 3 heterocycles. The molecule has 130 valence electrons. The van der Waals surface area contributed by atoms with E-state index in [9.17, 15) is 4.79 Å². The van der Waals surface area contributed by atoms with Gasteiger partial charge in [0.05, 0.1) is 17.8 Å². The third-order valence-corrected chi connectivity index (χ3v) is 5.37. The van der Waals surface area contributed by atoms with Crippen molar-refractivity contribution in [2.24, 2.45) is 0 Å². The van der Waals surface area contributed by atoms with E-state index in [1.807, 2.05) is 23.2 Å². The average Bonchev–Trinajstić information content (AvgIpc) is 3.25. The van der Waals surface area contributed by atoms with E-state index < -0.39 is 0 Å². The van der Waals surface area contributed by atoms with Crippen LogP contribution in [0.3, 0.4) is 0 Å². The number of esters is 1. The number of carbonyl (C=O) groups excluding carboxylic acids is 1. The van der Waals surface area contributed by atoms with Gasteiger partial charge >= 0.3 is 5.97 Å². The zero-order chi connectivity index (χ0) is 16.9. The van der Waals surface area contributed by atoms with E-state index in [0.717, 1.165) is 44.0 Å². The van der Waals surface area contributed by atoms with Crippen molar-refractivity contribution in [3.63, 3.8) is 0 Å². The van der Waals surface area contributed by atoms with Crippen LogP contribution in [0.1, 0.15) is 53.7 Å². The van der Waals surface area contributed by atoms with E-state index >= 15 is 0 Å². The summed E-state index contributed by atoms with van der Waals surface area (Å²) in [6.07, 6.45) is 6.25. The van der Waals surface area contributed by atoms with Crippen molar-refractivity contribution in [2.45, 2.75) is 45.7 Å². The minimum atomic E-state index is -0.314. The molecule has 1 fully saturated rings. The first-order chi connectivity index (χ1) is 11.7. The number of piperidine rings is 1. The Kier molecular flexibility index (Phi) is 5.63. The molecule has 0 unspecified atom stereocenters. The number of hydrogen-bond donors (Lipinski definition) is 0. The number of aromatic nitrogens is 3. The van der Waals surface area contributed by atoms with Crippen molar-refractivity contribution in [3.8, 4) is 0 Å². The van der Waals surface area contributed by atoms with Crippen molar-refractivity contribution in [1.82, 2.24) is 19.7 Å². The van der Waals surface area contributed by atoms with Gasteiger partial charge in [-0.3, -0.25) is 9.58 Å². The molecule has 6 nitrogen and oxygen atoms in total. The van der Waals surface area contributed by atoms with Crippen LogP contribution in [0.4, 0.5) is 0 Å². The highest BCUT2D eigenvalue weighted by atomic mass is 32.1. The smallest absolute Gasteiger partial charge is 0.357 e. The van der Waals surface area contributed by atoms with Crippen LogP contribution in [0.2, 0.25) is 0 Å². The van der Waals surface area contributed by atoms with Gasteiger partial charge < -0.3 is 4.74 Å². The SMILES string of the molecule is CCOC(=O)c1csc(C2CCN(Cc3cnn(CC)c3)CC2)n1. The molecule has 0 N–H and O–H groups in total. The van der Waals surface area contributed by atoms with Crippen molar-refractivity contribution in [1.29, 1.82) is 0 Å². The second kappa shape index (κ2) is 7.90. The van der Waals surface area contributed by atoms with Gasteiger partial charge in [0.1, 0.15) is 0 Å². The standard InChI is InChI=1S/C17H24N4O2S/c1-3-21-11-13(9-18-21)10-20-7-5-14(6-8-20)16-19-15(12-24-16)17(22)23-4-2/h9,11-12,14H,3-8,10H2,1-2H3. The minimum absolute atomic E-state index is 0.314. The van der Waals surface area contributed by atoms with Crippen LogP contribution in [0.25, 0.3) is 0 Å². The maximum absolute atomic E-state index is 11.7. The molecular weight excluding hydrogens is 324 g/mol. The first-order valence-electron chi connectivity index (χ1n) is 8.55. The Labute approximate surface area is 146 Å². The third-order valence-electron chi connectivity index (χ3n) is 4.36. The molecule has 7 heteroatoms. The third kappa shape index (κ3) is 4.02. The molecule has 0 amide bonds. The Bertz CT molecular complexity index is 674. The summed E-state index contributed by atoms with van der Waals surface area (Å²) in [7, 11) is 0. The van der Waals surface area contributed by atoms with Gasteiger partial charge in [-0.1, -0.05) is 0 Å². The summed E-state index contributed by atoms with van der Waals surface area (Å²) in [5, 5.41) is 7.22. The molecule has 0 aromatic carbocycles. The minimum Gasteiger partial charge on any atom is -0.461 e. The zero-order valence-electron chi connectivity index (χ0n) is 14.3. The summed E-state index contributed by atoms with van der Waals surface area (Å²) in [5.41, 5.74) is 1.72. The van der Waals surface area contributed by atoms with Crippen molar-refractivity contribution in [2.75, 3.05) is 19.7 Å². The summed E-state index contributed by atoms with van der Waals surface area (Å²) in [5.74, 6) is 0.137. The number of aryl methyl sites for hydroxylation is 1.